The van der Waals surface area contributed by atoms with Gasteiger partial charge in [0.1, 0.15) is 0 Å². The fourth-order valence-electron chi connectivity index (χ4n) is 3.57. The van der Waals surface area contributed by atoms with Crippen LogP contribution in [-0.4, -0.2) is 18.1 Å². The van der Waals surface area contributed by atoms with Gasteiger partial charge in [0.25, 0.3) is 0 Å². The van der Waals surface area contributed by atoms with Crippen LogP contribution in [0.2, 0.25) is 15.1 Å². The van der Waals surface area contributed by atoms with Crippen LogP contribution in [0, 0.1) is 0 Å². The summed E-state index contributed by atoms with van der Waals surface area (Å²) in [7, 11) is 0. The second-order valence-electron chi connectivity index (χ2n) is 5.60. The van der Waals surface area contributed by atoms with E-state index in [0.717, 1.165) is 18.5 Å². The molecule has 104 valence electrons. The van der Waals surface area contributed by atoms with E-state index in [2.05, 4.69) is 4.90 Å². The van der Waals surface area contributed by atoms with Gasteiger partial charge >= 0.3 is 0 Å². The first-order chi connectivity index (χ1) is 9.06. The number of piperidine rings is 2. The molecule has 2 N–H and O–H groups in total. The Morgan fingerprint density at radius 3 is 2.05 bits per heavy atom. The molecule has 2 fully saturated rings. The van der Waals surface area contributed by atoms with E-state index >= 15 is 0 Å². The van der Waals surface area contributed by atoms with Crippen LogP contribution in [0.3, 0.4) is 0 Å². The van der Waals surface area contributed by atoms with Gasteiger partial charge in [-0.15, -0.1) is 0 Å². The summed E-state index contributed by atoms with van der Waals surface area (Å²) in [5.74, 6) is 0. The Hall–Kier alpha value is -0.150. The van der Waals surface area contributed by atoms with E-state index in [4.69, 9.17) is 40.5 Å². The van der Waals surface area contributed by atoms with Crippen LogP contribution in [-0.2, 0) is 0 Å². The number of hydrogen-bond acceptors (Lipinski definition) is 2. The monoisotopic (exact) mass is 318 g/mol. The zero-order valence-electron chi connectivity index (χ0n) is 10.6. The molecular weight excluding hydrogens is 303 g/mol. The normalized spacial score (nSPS) is 30.5. The predicted octanol–water partition coefficient (Wildman–Crippen LogP) is 4.50. The second kappa shape index (κ2) is 5.33. The molecule has 2 nitrogen and oxygen atoms in total. The van der Waals surface area contributed by atoms with Gasteiger partial charge in [0.15, 0.2) is 0 Å². The molecule has 2 atom stereocenters. The van der Waals surface area contributed by atoms with Gasteiger partial charge in [-0.25, -0.2) is 0 Å². The Morgan fingerprint density at radius 2 is 1.53 bits per heavy atom. The molecule has 3 rings (SSSR count). The van der Waals surface area contributed by atoms with Crippen molar-refractivity contribution >= 4 is 40.5 Å². The highest BCUT2D eigenvalue weighted by Crippen LogP contribution is 2.44. The topological polar surface area (TPSA) is 29.3 Å². The maximum atomic E-state index is 6.37. The summed E-state index contributed by atoms with van der Waals surface area (Å²) < 4.78 is 0. The molecule has 0 aliphatic carbocycles. The first-order valence-corrected chi connectivity index (χ1v) is 7.88. The molecule has 0 saturated carbocycles. The van der Waals surface area contributed by atoms with Crippen molar-refractivity contribution in [3.63, 3.8) is 0 Å². The van der Waals surface area contributed by atoms with Crippen LogP contribution in [0.15, 0.2) is 12.1 Å². The largest absolute Gasteiger partial charge is 0.363 e. The zero-order chi connectivity index (χ0) is 13.6. The number of fused-ring (bicyclic) bond motifs is 2. The van der Waals surface area contributed by atoms with Crippen LogP contribution < -0.4 is 10.6 Å². The highest BCUT2D eigenvalue weighted by Gasteiger charge is 2.38. The first kappa shape index (κ1) is 13.8. The van der Waals surface area contributed by atoms with Crippen molar-refractivity contribution in [2.75, 3.05) is 4.90 Å². The van der Waals surface area contributed by atoms with Crippen molar-refractivity contribution in [2.24, 2.45) is 5.73 Å². The molecule has 19 heavy (non-hydrogen) atoms. The summed E-state index contributed by atoms with van der Waals surface area (Å²) >= 11 is 18.7. The molecule has 5 heteroatoms. The van der Waals surface area contributed by atoms with Crippen LogP contribution in [0.5, 0.6) is 0 Å². The number of benzene rings is 1. The zero-order valence-corrected chi connectivity index (χ0v) is 12.8. The minimum absolute atomic E-state index is 0.302. The summed E-state index contributed by atoms with van der Waals surface area (Å²) in [4.78, 5) is 2.40. The number of rotatable bonds is 1. The van der Waals surface area contributed by atoms with E-state index in [0.29, 0.717) is 33.2 Å². The fourth-order valence-corrected chi connectivity index (χ4v) is 4.58. The quantitative estimate of drug-likeness (QED) is 0.826. The van der Waals surface area contributed by atoms with Crippen molar-refractivity contribution in [1.29, 1.82) is 0 Å². The summed E-state index contributed by atoms with van der Waals surface area (Å²) in [5, 5.41) is 1.87. The molecule has 1 aromatic rings. The van der Waals surface area contributed by atoms with E-state index in [1.807, 2.05) is 0 Å². The number of hydrogen-bond donors (Lipinski definition) is 1. The second-order valence-corrected chi connectivity index (χ2v) is 6.85. The third-order valence-corrected chi connectivity index (χ3v) is 5.05. The van der Waals surface area contributed by atoms with E-state index in [1.165, 1.54) is 19.3 Å². The minimum Gasteiger partial charge on any atom is -0.363 e. The van der Waals surface area contributed by atoms with Crippen molar-refractivity contribution in [2.45, 2.75) is 50.2 Å². The average Bonchev–Trinajstić information content (AvgIpc) is 2.28. The lowest BCUT2D eigenvalue weighted by Gasteiger charge is -2.50. The Labute approximate surface area is 128 Å². The molecule has 2 saturated heterocycles. The van der Waals surface area contributed by atoms with Gasteiger partial charge in [0.2, 0.25) is 0 Å². The van der Waals surface area contributed by atoms with Crippen LogP contribution in [0.1, 0.15) is 32.1 Å². The molecule has 0 amide bonds. The summed E-state index contributed by atoms with van der Waals surface area (Å²) in [6, 6.07) is 4.76. The number of nitrogens with zero attached hydrogens (tertiary/aromatic N) is 1. The minimum atomic E-state index is 0.302. The average molecular weight is 320 g/mol. The molecule has 0 aromatic heterocycles. The summed E-state index contributed by atoms with van der Waals surface area (Å²) in [5.41, 5.74) is 7.09. The molecule has 2 heterocycles. The van der Waals surface area contributed by atoms with Crippen molar-refractivity contribution in [1.82, 2.24) is 0 Å². The van der Waals surface area contributed by atoms with E-state index < -0.39 is 0 Å². The standard InChI is InChI=1S/C14H17Cl3N2/c15-8-4-12(16)14(13(17)5-8)19-10-2-1-3-11(19)7-9(18)6-10/h4-5,9-11H,1-3,6-7,18H2. The van der Waals surface area contributed by atoms with Crippen molar-refractivity contribution in [3.05, 3.63) is 27.2 Å². The highest BCUT2D eigenvalue weighted by atomic mass is 35.5. The van der Waals surface area contributed by atoms with Gasteiger partial charge in [-0.05, 0) is 44.2 Å². The Morgan fingerprint density at radius 1 is 1.00 bits per heavy atom. The van der Waals surface area contributed by atoms with Crippen LogP contribution in [0.25, 0.3) is 0 Å². The predicted molar refractivity (Wildman–Crippen MR) is 82.6 cm³/mol. The lowest BCUT2D eigenvalue weighted by atomic mass is 9.81. The van der Waals surface area contributed by atoms with Gasteiger partial charge < -0.3 is 10.6 Å². The maximum absolute atomic E-state index is 6.37. The Balaban J connectivity index is 2.02. The first-order valence-electron chi connectivity index (χ1n) is 6.74. The van der Waals surface area contributed by atoms with Crippen molar-refractivity contribution < 1.29 is 0 Å². The molecule has 2 bridgehead atoms. The third kappa shape index (κ3) is 2.56. The molecule has 1 aromatic carbocycles. The molecule has 0 spiro atoms. The van der Waals surface area contributed by atoms with Crippen molar-refractivity contribution in [3.8, 4) is 0 Å². The number of nitrogens with two attached hydrogens (primary N) is 1. The number of anilines is 1. The fraction of sp³-hybridized carbons (Fsp3) is 0.571. The third-order valence-electron chi connectivity index (χ3n) is 4.25. The maximum Gasteiger partial charge on any atom is 0.0751 e. The summed E-state index contributed by atoms with van der Waals surface area (Å²) in [6.45, 7) is 0. The van der Waals surface area contributed by atoms with Gasteiger partial charge in [-0.1, -0.05) is 34.8 Å². The summed E-state index contributed by atoms with van der Waals surface area (Å²) in [6.07, 6.45) is 5.64. The van der Waals surface area contributed by atoms with E-state index in [1.54, 1.807) is 12.1 Å². The smallest absolute Gasteiger partial charge is 0.0751 e. The SMILES string of the molecule is NC1CC2CCCC(C1)N2c1c(Cl)cc(Cl)cc1Cl. The molecular formula is C14H17Cl3N2. The van der Waals surface area contributed by atoms with E-state index in [-0.39, 0.29) is 0 Å². The van der Waals surface area contributed by atoms with Gasteiger partial charge in [0, 0.05) is 23.1 Å². The van der Waals surface area contributed by atoms with Gasteiger partial charge in [0.05, 0.1) is 15.7 Å². The van der Waals surface area contributed by atoms with Gasteiger partial charge in [-0.2, -0.15) is 0 Å². The van der Waals surface area contributed by atoms with Crippen LogP contribution >= 0.6 is 34.8 Å². The van der Waals surface area contributed by atoms with Crippen LogP contribution in [0.4, 0.5) is 5.69 Å². The molecule has 2 aliphatic rings. The van der Waals surface area contributed by atoms with Gasteiger partial charge in [-0.3, -0.25) is 0 Å². The van der Waals surface area contributed by atoms with E-state index in [9.17, 15) is 0 Å². The molecule has 2 unspecified atom stereocenters. The molecule has 2 aliphatic heterocycles. The highest BCUT2D eigenvalue weighted by molar-refractivity contribution is 6.41. The number of halogens is 3. The molecule has 0 radical (unpaired) electrons. The lowest BCUT2D eigenvalue weighted by Crippen LogP contribution is -2.55. The lowest BCUT2D eigenvalue weighted by molar-refractivity contribution is 0.271. The Bertz CT molecular complexity index is 455. The Kier molecular flexibility index (Phi) is 3.87.